The number of aryl methyl sites for hydroxylation is 1. The maximum Gasteiger partial charge on any atom is 0.573 e. The van der Waals surface area contributed by atoms with Gasteiger partial charge in [0.2, 0.25) is 5.95 Å². The first kappa shape index (κ1) is 23.4. The van der Waals surface area contributed by atoms with Crippen LogP contribution in [0.15, 0.2) is 54.7 Å². The van der Waals surface area contributed by atoms with E-state index in [1.807, 2.05) is 0 Å². The second-order valence-electron chi connectivity index (χ2n) is 7.17. The van der Waals surface area contributed by atoms with Crippen LogP contribution in [0.1, 0.15) is 10.5 Å². The number of imidazole rings is 1. The number of ether oxygens (including phenoxy) is 2. The molecular formula is C23H17F3N6O3. The van der Waals surface area contributed by atoms with E-state index in [-0.39, 0.29) is 28.9 Å². The van der Waals surface area contributed by atoms with E-state index < -0.39 is 12.1 Å². The molecule has 0 unspecified atom stereocenters. The minimum absolute atomic E-state index is 0.00252. The van der Waals surface area contributed by atoms with Gasteiger partial charge in [0.15, 0.2) is 5.69 Å². The standard InChI is InChI=1S/C23H17F3N6O3/c1-27-13-4-6-16(20(10-13)35-23(24,25)26)30-22-31-17-11-14(5-7-19(17)32(22)3)34-15-8-9-29-18(12-15)21(33)28-2/h4-12H,2-3H3,(H,28,33)(H,30,31). The number of amides is 1. The lowest BCUT2D eigenvalue weighted by atomic mass is 10.2. The van der Waals surface area contributed by atoms with E-state index in [1.54, 1.807) is 35.9 Å². The van der Waals surface area contributed by atoms with Gasteiger partial charge in [0, 0.05) is 32.4 Å². The van der Waals surface area contributed by atoms with Crippen LogP contribution >= 0.6 is 0 Å². The van der Waals surface area contributed by atoms with Crippen LogP contribution in [0.25, 0.3) is 15.9 Å². The summed E-state index contributed by atoms with van der Waals surface area (Å²) in [7, 11) is 3.18. The third-order valence-electron chi connectivity index (χ3n) is 4.85. The Morgan fingerprint density at radius 3 is 2.60 bits per heavy atom. The zero-order valence-corrected chi connectivity index (χ0v) is 18.3. The van der Waals surface area contributed by atoms with Crippen LogP contribution in [0.2, 0.25) is 0 Å². The maximum atomic E-state index is 12.9. The summed E-state index contributed by atoms with van der Waals surface area (Å²) in [6.07, 6.45) is -3.48. The first-order valence-corrected chi connectivity index (χ1v) is 10.0. The highest BCUT2D eigenvalue weighted by Gasteiger charge is 2.32. The average Bonchev–Trinajstić information content (AvgIpc) is 3.13. The molecule has 2 heterocycles. The first-order valence-electron chi connectivity index (χ1n) is 10.0. The number of alkyl halides is 3. The molecule has 2 aromatic heterocycles. The van der Waals surface area contributed by atoms with Crippen molar-refractivity contribution in [1.29, 1.82) is 0 Å². The molecule has 178 valence electrons. The number of nitrogens with one attached hydrogen (secondary N) is 2. The third-order valence-corrected chi connectivity index (χ3v) is 4.85. The van der Waals surface area contributed by atoms with Crippen molar-refractivity contribution >= 4 is 34.3 Å². The van der Waals surface area contributed by atoms with Gasteiger partial charge in [-0.05, 0) is 30.3 Å². The zero-order valence-electron chi connectivity index (χ0n) is 18.3. The molecule has 4 aromatic rings. The van der Waals surface area contributed by atoms with Crippen molar-refractivity contribution in [3.05, 3.63) is 71.8 Å². The summed E-state index contributed by atoms with van der Waals surface area (Å²) in [5.74, 6) is 0.154. The summed E-state index contributed by atoms with van der Waals surface area (Å²) < 4.78 is 50.2. The molecule has 0 fully saturated rings. The summed E-state index contributed by atoms with van der Waals surface area (Å²) in [4.78, 5) is 23.4. The largest absolute Gasteiger partial charge is 0.573 e. The Kier molecular flexibility index (Phi) is 6.16. The van der Waals surface area contributed by atoms with Crippen molar-refractivity contribution in [3.8, 4) is 17.2 Å². The first-order chi connectivity index (χ1) is 16.7. The number of fused-ring (bicyclic) bond motifs is 1. The summed E-state index contributed by atoms with van der Waals surface area (Å²) in [6, 6.07) is 11.8. The zero-order chi connectivity index (χ0) is 25.2. The van der Waals surface area contributed by atoms with Gasteiger partial charge in [0.05, 0.1) is 23.3 Å². The Morgan fingerprint density at radius 1 is 1.11 bits per heavy atom. The summed E-state index contributed by atoms with van der Waals surface area (Å²) in [6.45, 7) is 7.03. The van der Waals surface area contributed by atoms with Crippen LogP contribution in [0.5, 0.6) is 17.2 Å². The number of halogens is 3. The number of rotatable bonds is 6. The van der Waals surface area contributed by atoms with Gasteiger partial charge in [0.25, 0.3) is 5.91 Å². The Hall–Kier alpha value is -4.79. The summed E-state index contributed by atoms with van der Waals surface area (Å²) >= 11 is 0. The molecule has 0 aliphatic carbocycles. The molecule has 0 atom stereocenters. The molecule has 35 heavy (non-hydrogen) atoms. The number of hydrogen-bond acceptors (Lipinski definition) is 6. The van der Waals surface area contributed by atoms with Crippen LogP contribution in [0.4, 0.5) is 30.5 Å². The SMILES string of the molecule is [C-]#[N+]c1ccc(Nc2nc3cc(Oc4ccnc(C(=O)NC)c4)ccc3n2C)c(OC(F)(F)F)c1. The minimum Gasteiger partial charge on any atom is -0.457 e. The van der Waals surface area contributed by atoms with Crippen LogP contribution in [-0.4, -0.2) is 33.9 Å². The number of anilines is 2. The number of carbonyl (C=O) groups is 1. The van der Waals surface area contributed by atoms with Crippen LogP contribution in [0.3, 0.4) is 0 Å². The Bertz CT molecular complexity index is 1460. The average molecular weight is 482 g/mol. The Morgan fingerprint density at radius 2 is 1.89 bits per heavy atom. The minimum atomic E-state index is -4.93. The van der Waals surface area contributed by atoms with Crippen molar-refractivity contribution in [2.45, 2.75) is 6.36 Å². The number of aromatic nitrogens is 3. The summed E-state index contributed by atoms with van der Waals surface area (Å²) in [5, 5.41) is 5.32. The fourth-order valence-electron chi connectivity index (χ4n) is 3.23. The fraction of sp³-hybridized carbons (Fsp3) is 0.130. The second-order valence-corrected chi connectivity index (χ2v) is 7.17. The van der Waals surface area contributed by atoms with Crippen molar-refractivity contribution in [2.75, 3.05) is 12.4 Å². The van der Waals surface area contributed by atoms with Gasteiger partial charge >= 0.3 is 6.36 Å². The van der Waals surface area contributed by atoms with Gasteiger partial charge < -0.3 is 24.7 Å². The molecule has 0 saturated heterocycles. The molecule has 0 saturated carbocycles. The highest BCUT2D eigenvalue weighted by molar-refractivity contribution is 5.92. The molecule has 0 aliphatic heterocycles. The topological polar surface area (TPSA) is 94.7 Å². The van der Waals surface area contributed by atoms with Crippen molar-refractivity contribution in [1.82, 2.24) is 19.9 Å². The molecular weight excluding hydrogens is 465 g/mol. The third kappa shape index (κ3) is 5.25. The van der Waals surface area contributed by atoms with E-state index in [4.69, 9.17) is 11.3 Å². The van der Waals surface area contributed by atoms with Crippen molar-refractivity contribution < 1.29 is 27.4 Å². The van der Waals surface area contributed by atoms with Gasteiger partial charge in [0.1, 0.15) is 22.9 Å². The Labute approximate surface area is 196 Å². The number of carbonyl (C=O) groups excluding carboxylic acids is 1. The van der Waals surface area contributed by atoms with Gasteiger partial charge in [-0.3, -0.25) is 9.78 Å². The molecule has 0 spiro atoms. The lowest BCUT2D eigenvalue weighted by Crippen LogP contribution is -2.18. The molecule has 9 nitrogen and oxygen atoms in total. The van der Waals surface area contributed by atoms with E-state index in [0.717, 1.165) is 6.07 Å². The van der Waals surface area contributed by atoms with E-state index in [0.29, 0.717) is 22.5 Å². The van der Waals surface area contributed by atoms with E-state index in [1.165, 1.54) is 31.4 Å². The van der Waals surface area contributed by atoms with Crippen molar-refractivity contribution in [2.24, 2.45) is 7.05 Å². The van der Waals surface area contributed by atoms with Crippen LogP contribution in [-0.2, 0) is 7.05 Å². The molecule has 12 heteroatoms. The van der Waals surface area contributed by atoms with Gasteiger partial charge in [-0.1, -0.05) is 6.07 Å². The van der Waals surface area contributed by atoms with Crippen molar-refractivity contribution in [3.63, 3.8) is 0 Å². The molecule has 1 amide bonds. The fourth-order valence-corrected chi connectivity index (χ4v) is 3.23. The number of benzene rings is 2. The number of nitrogens with zero attached hydrogens (tertiary/aromatic N) is 4. The van der Waals surface area contributed by atoms with Crippen LogP contribution in [0, 0.1) is 6.57 Å². The van der Waals surface area contributed by atoms with Gasteiger partial charge in [-0.25, -0.2) is 9.83 Å². The molecule has 0 radical (unpaired) electrons. The quantitative estimate of drug-likeness (QED) is 0.362. The Balaban J connectivity index is 1.63. The van der Waals surface area contributed by atoms with Gasteiger partial charge in [-0.2, -0.15) is 0 Å². The lowest BCUT2D eigenvalue weighted by Gasteiger charge is -2.15. The lowest BCUT2D eigenvalue weighted by molar-refractivity contribution is -0.274. The molecule has 4 rings (SSSR count). The monoisotopic (exact) mass is 482 g/mol. The number of pyridine rings is 1. The summed E-state index contributed by atoms with van der Waals surface area (Å²) in [5.41, 5.74) is 1.36. The normalized spacial score (nSPS) is 11.1. The number of hydrogen-bond donors (Lipinski definition) is 2. The predicted octanol–water partition coefficient (Wildman–Crippen LogP) is 5.31. The molecule has 2 N–H and O–H groups in total. The second kappa shape index (κ2) is 9.22. The highest BCUT2D eigenvalue weighted by atomic mass is 19.4. The molecule has 0 bridgehead atoms. The van der Waals surface area contributed by atoms with E-state index in [2.05, 4.69) is 30.2 Å². The highest BCUT2D eigenvalue weighted by Crippen LogP contribution is 2.36. The van der Waals surface area contributed by atoms with E-state index in [9.17, 15) is 18.0 Å². The molecule has 2 aromatic carbocycles. The smallest absolute Gasteiger partial charge is 0.457 e. The van der Waals surface area contributed by atoms with Crippen LogP contribution < -0.4 is 20.1 Å². The van der Waals surface area contributed by atoms with Gasteiger partial charge in [-0.15, -0.1) is 13.2 Å². The molecule has 0 aliphatic rings. The van der Waals surface area contributed by atoms with E-state index >= 15 is 0 Å². The maximum absolute atomic E-state index is 12.9. The predicted molar refractivity (Wildman–Crippen MR) is 121 cm³/mol.